The molecule has 5 nitrogen and oxygen atoms in total. The Labute approximate surface area is 112 Å². The molecule has 0 aliphatic heterocycles. The van der Waals surface area contributed by atoms with Gasteiger partial charge in [-0.25, -0.2) is 0 Å². The molecule has 5 heteroatoms. The molecule has 2 aromatic rings. The van der Waals surface area contributed by atoms with E-state index in [1.165, 1.54) is 0 Å². The molecule has 0 fully saturated rings. The van der Waals surface area contributed by atoms with Crippen molar-refractivity contribution in [2.45, 2.75) is 26.0 Å². The lowest BCUT2D eigenvalue weighted by Crippen LogP contribution is -2.17. The maximum atomic E-state index is 5.80. The van der Waals surface area contributed by atoms with Crippen molar-refractivity contribution in [2.75, 3.05) is 7.11 Å². The number of methoxy groups -OCH3 is 1. The minimum absolute atomic E-state index is 0.107. The highest BCUT2D eigenvalue weighted by atomic mass is 16.5. The van der Waals surface area contributed by atoms with Crippen LogP contribution in [0.4, 0.5) is 0 Å². The molecule has 19 heavy (non-hydrogen) atoms. The largest absolute Gasteiger partial charge is 0.493 e. The van der Waals surface area contributed by atoms with Gasteiger partial charge in [0.05, 0.1) is 13.3 Å². The quantitative estimate of drug-likeness (QED) is 0.863. The van der Waals surface area contributed by atoms with Crippen LogP contribution in [0.1, 0.15) is 18.2 Å². The lowest BCUT2D eigenvalue weighted by molar-refractivity contribution is 0.239. The zero-order valence-electron chi connectivity index (χ0n) is 11.1. The Hall–Kier alpha value is -2.01. The molecule has 1 aromatic heterocycles. The molecular weight excluding hydrogens is 244 g/mol. The minimum Gasteiger partial charge on any atom is -0.493 e. The number of hydrogen-bond donors (Lipinski definition) is 1. The summed E-state index contributed by atoms with van der Waals surface area (Å²) in [6, 6.07) is 7.68. The topological polar surface area (TPSA) is 70.5 Å². The van der Waals surface area contributed by atoms with Gasteiger partial charge in [0.15, 0.2) is 17.3 Å². The van der Waals surface area contributed by atoms with E-state index in [4.69, 9.17) is 19.7 Å². The molecule has 0 aliphatic carbocycles. The molecule has 2 N–H and O–H groups in total. The summed E-state index contributed by atoms with van der Waals surface area (Å²) < 4.78 is 16.0. The molecule has 0 aliphatic rings. The second-order valence-electron chi connectivity index (χ2n) is 4.43. The molecule has 1 heterocycles. The second-order valence-corrected chi connectivity index (χ2v) is 4.43. The van der Waals surface area contributed by atoms with Crippen LogP contribution in [-0.2, 0) is 13.0 Å². The number of nitrogens with zero attached hydrogens (tertiary/aromatic N) is 1. The lowest BCUT2D eigenvalue weighted by atomic mass is 10.1. The van der Waals surface area contributed by atoms with Gasteiger partial charge in [0.2, 0.25) is 0 Å². The van der Waals surface area contributed by atoms with Crippen molar-refractivity contribution in [2.24, 2.45) is 5.73 Å². The van der Waals surface area contributed by atoms with Gasteiger partial charge in [-0.3, -0.25) is 0 Å². The fraction of sp³-hybridized carbons (Fsp3) is 0.357. The van der Waals surface area contributed by atoms with Crippen LogP contribution >= 0.6 is 0 Å². The van der Waals surface area contributed by atoms with Gasteiger partial charge < -0.3 is 19.7 Å². The number of ether oxygens (including phenoxy) is 2. The molecule has 0 bridgehead atoms. The first-order chi connectivity index (χ1) is 9.19. The van der Waals surface area contributed by atoms with Crippen LogP contribution in [0.5, 0.6) is 11.5 Å². The smallest absolute Gasteiger partial charge is 0.174 e. The summed E-state index contributed by atoms with van der Waals surface area (Å²) in [4.78, 5) is 0. The van der Waals surface area contributed by atoms with Crippen molar-refractivity contribution < 1.29 is 14.0 Å². The summed E-state index contributed by atoms with van der Waals surface area (Å²) in [6.45, 7) is 2.29. The van der Waals surface area contributed by atoms with Crippen LogP contribution in [0.2, 0.25) is 0 Å². The Morgan fingerprint density at radius 3 is 2.79 bits per heavy atom. The molecule has 2 rings (SSSR count). The first-order valence-corrected chi connectivity index (χ1v) is 6.14. The summed E-state index contributed by atoms with van der Waals surface area (Å²) in [6.07, 6.45) is 2.38. The molecular formula is C14H18N2O3. The number of benzene rings is 1. The highest BCUT2D eigenvalue weighted by molar-refractivity contribution is 5.43. The summed E-state index contributed by atoms with van der Waals surface area (Å²) in [5.41, 5.74) is 6.92. The molecule has 0 saturated heterocycles. The minimum atomic E-state index is 0.107. The standard InChI is InChI=1S/C14H18N2O3/c1-10(15)7-11-3-4-13(17-2)14(8-11)18-9-12-5-6-16-19-12/h3-6,8,10H,7,9,15H2,1-2H3. The average Bonchev–Trinajstić information content (AvgIpc) is 2.89. The number of hydrogen-bond acceptors (Lipinski definition) is 5. The van der Waals surface area contributed by atoms with E-state index in [0.29, 0.717) is 23.9 Å². The van der Waals surface area contributed by atoms with E-state index in [9.17, 15) is 0 Å². The highest BCUT2D eigenvalue weighted by Crippen LogP contribution is 2.29. The van der Waals surface area contributed by atoms with Gasteiger partial charge in [0, 0.05) is 12.1 Å². The van der Waals surface area contributed by atoms with Gasteiger partial charge in [-0.1, -0.05) is 11.2 Å². The molecule has 1 unspecified atom stereocenters. The van der Waals surface area contributed by atoms with Crippen molar-refractivity contribution in [3.05, 3.63) is 41.8 Å². The van der Waals surface area contributed by atoms with E-state index in [2.05, 4.69) is 5.16 Å². The number of rotatable bonds is 6. The van der Waals surface area contributed by atoms with Crippen molar-refractivity contribution in [1.29, 1.82) is 0 Å². The first kappa shape index (κ1) is 13.4. The van der Waals surface area contributed by atoms with Crippen LogP contribution in [-0.4, -0.2) is 18.3 Å². The highest BCUT2D eigenvalue weighted by Gasteiger charge is 2.08. The Morgan fingerprint density at radius 1 is 1.32 bits per heavy atom. The monoisotopic (exact) mass is 262 g/mol. The summed E-state index contributed by atoms with van der Waals surface area (Å²) in [7, 11) is 1.61. The fourth-order valence-corrected chi connectivity index (χ4v) is 1.80. The van der Waals surface area contributed by atoms with E-state index in [1.807, 2.05) is 25.1 Å². The van der Waals surface area contributed by atoms with Crippen molar-refractivity contribution in [3.8, 4) is 11.5 Å². The van der Waals surface area contributed by atoms with Crippen LogP contribution < -0.4 is 15.2 Å². The predicted octanol–water partition coefficient (Wildman–Crippen LogP) is 2.15. The van der Waals surface area contributed by atoms with Gasteiger partial charge in [-0.05, 0) is 31.0 Å². The third-order valence-electron chi connectivity index (χ3n) is 2.65. The normalized spacial score (nSPS) is 12.2. The molecule has 0 saturated carbocycles. The third kappa shape index (κ3) is 3.72. The summed E-state index contributed by atoms with van der Waals surface area (Å²) in [5, 5.41) is 3.63. The van der Waals surface area contributed by atoms with E-state index in [0.717, 1.165) is 12.0 Å². The molecule has 0 radical (unpaired) electrons. The van der Waals surface area contributed by atoms with Gasteiger partial charge in [-0.2, -0.15) is 0 Å². The van der Waals surface area contributed by atoms with E-state index in [-0.39, 0.29) is 6.04 Å². The van der Waals surface area contributed by atoms with Crippen molar-refractivity contribution >= 4 is 0 Å². The molecule has 102 valence electrons. The van der Waals surface area contributed by atoms with Crippen LogP contribution in [0, 0.1) is 0 Å². The van der Waals surface area contributed by atoms with Crippen molar-refractivity contribution in [1.82, 2.24) is 5.16 Å². The maximum Gasteiger partial charge on any atom is 0.174 e. The van der Waals surface area contributed by atoms with Crippen molar-refractivity contribution in [3.63, 3.8) is 0 Å². The Kier molecular flexibility index (Phi) is 4.41. The fourth-order valence-electron chi connectivity index (χ4n) is 1.80. The number of aromatic nitrogens is 1. The average molecular weight is 262 g/mol. The van der Waals surface area contributed by atoms with E-state index >= 15 is 0 Å². The van der Waals surface area contributed by atoms with Crippen LogP contribution in [0.3, 0.4) is 0 Å². The molecule has 0 spiro atoms. The van der Waals surface area contributed by atoms with Gasteiger partial charge in [0.1, 0.15) is 6.61 Å². The SMILES string of the molecule is COc1ccc(CC(C)N)cc1OCc1ccno1. The van der Waals surface area contributed by atoms with Crippen LogP contribution in [0.15, 0.2) is 35.0 Å². The van der Waals surface area contributed by atoms with E-state index < -0.39 is 0 Å². The zero-order chi connectivity index (χ0) is 13.7. The summed E-state index contributed by atoms with van der Waals surface area (Å²) in [5.74, 6) is 2.03. The van der Waals surface area contributed by atoms with E-state index in [1.54, 1.807) is 19.4 Å². The Balaban J connectivity index is 2.11. The van der Waals surface area contributed by atoms with Gasteiger partial charge in [0.25, 0.3) is 0 Å². The lowest BCUT2D eigenvalue weighted by Gasteiger charge is -2.12. The zero-order valence-corrected chi connectivity index (χ0v) is 11.1. The second kappa shape index (κ2) is 6.24. The van der Waals surface area contributed by atoms with Gasteiger partial charge in [-0.15, -0.1) is 0 Å². The molecule has 1 aromatic carbocycles. The maximum absolute atomic E-state index is 5.80. The molecule has 1 atom stereocenters. The molecule has 0 amide bonds. The Morgan fingerprint density at radius 2 is 2.16 bits per heavy atom. The third-order valence-corrected chi connectivity index (χ3v) is 2.65. The van der Waals surface area contributed by atoms with Crippen LogP contribution in [0.25, 0.3) is 0 Å². The predicted molar refractivity (Wildman–Crippen MR) is 71.2 cm³/mol. The van der Waals surface area contributed by atoms with Gasteiger partial charge >= 0.3 is 0 Å². The first-order valence-electron chi connectivity index (χ1n) is 6.14. The number of nitrogens with two attached hydrogens (primary N) is 1. The Bertz CT molecular complexity index is 509. The summed E-state index contributed by atoms with van der Waals surface area (Å²) >= 11 is 0.